The average Bonchev–Trinajstić information content (AvgIpc) is 3.02. The van der Waals surface area contributed by atoms with Crippen molar-refractivity contribution in [3.8, 4) is 5.75 Å². The molecule has 1 aliphatic heterocycles. The molecule has 1 saturated heterocycles. The lowest BCUT2D eigenvalue weighted by Gasteiger charge is -2.30. The van der Waals surface area contributed by atoms with E-state index in [0.717, 1.165) is 25.2 Å². The van der Waals surface area contributed by atoms with Gasteiger partial charge in [0.2, 0.25) is 5.89 Å². The summed E-state index contributed by atoms with van der Waals surface area (Å²) in [5, 5.41) is 7.42. The summed E-state index contributed by atoms with van der Waals surface area (Å²) in [4.78, 5) is 6.69. The molecule has 1 unspecified atom stereocenters. The number of aryl methyl sites for hydroxylation is 2. The van der Waals surface area contributed by atoms with Crippen molar-refractivity contribution in [2.75, 3.05) is 33.8 Å². The van der Waals surface area contributed by atoms with Gasteiger partial charge in [0, 0.05) is 26.1 Å². The highest BCUT2D eigenvalue weighted by molar-refractivity contribution is 5.85. The van der Waals surface area contributed by atoms with E-state index in [4.69, 9.17) is 9.26 Å². The van der Waals surface area contributed by atoms with Gasteiger partial charge in [-0.25, -0.2) is 4.39 Å². The smallest absolute Gasteiger partial charge is 0.227 e. The van der Waals surface area contributed by atoms with E-state index in [1.54, 1.807) is 6.07 Å². The summed E-state index contributed by atoms with van der Waals surface area (Å²) in [5.74, 6) is 1.18. The average molecular weight is 357 g/mol. The lowest BCUT2D eigenvalue weighted by atomic mass is 10.1. The SMILES string of the molecule is COc1ccc(CCc2nc(C3CNCCN3C)no2)cc1F.Cl. The first-order valence-electron chi connectivity index (χ1n) is 7.73. The number of likely N-dealkylation sites (N-methyl/N-ethyl adjacent to an activating group) is 1. The van der Waals surface area contributed by atoms with Gasteiger partial charge in [-0.05, 0) is 31.2 Å². The first kappa shape index (κ1) is 18.6. The predicted molar refractivity (Wildman–Crippen MR) is 90.1 cm³/mol. The van der Waals surface area contributed by atoms with Gasteiger partial charge in [0.1, 0.15) is 0 Å². The Morgan fingerprint density at radius 1 is 1.42 bits per heavy atom. The number of benzene rings is 1. The molecule has 0 saturated carbocycles. The molecule has 2 heterocycles. The molecule has 8 heteroatoms. The van der Waals surface area contributed by atoms with Crippen LogP contribution in [-0.2, 0) is 12.8 Å². The summed E-state index contributed by atoms with van der Waals surface area (Å²) in [6, 6.07) is 5.10. The van der Waals surface area contributed by atoms with Crippen LogP contribution in [0.4, 0.5) is 4.39 Å². The Bertz CT molecular complexity index is 667. The fourth-order valence-electron chi connectivity index (χ4n) is 2.72. The largest absolute Gasteiger partial charge is 0.494 e. The van der Waals surface area contributed by atoms with E-state index in [1.165, 1.54) is 13.2 Å². The Morgan fingerprint density at radius 2 is 2.25 bits per heavy atom. The van der Waals surface area contributed by atoms with Crippen LogP contribution in [0, 0.1) is 5.82 Å². The zero-order valence-corrected chi connectivity index (χ0v) is 14.6. The molecular formula is C16H22ClFN4O2. The lowest BCUT2D eigenvalue weighted by Crippen LogP contribution is -2.44. The first-order chi connectivity index (χ1) is 11.2. The lowest BCUT2D eigenvalue weighted by molar-refractivity contribution is 0.190. The number of halogens is 2. The van der Waals surface area contributed by atoms with Crippen LogP contribution in [0.15, 0.2) is 22.7 Å². The second kappa shape index (κ2) is 8.41. The summed E-state index contributed by atoms with van der Waals surface area (Å²) in [6.07, 6.45) is 1.23. The van der Waals surface area contributed by atoms with Gasteiger partial charge in [-0.1, -0.05) is 11.2 Å². The van der Waals surface area contributed by atoms with Gasteiger partial charge in [-0.3, -0.25) is 4.90 Å². The molecule has 1 aromatic carbocycles. The molecule has 0 radical (unpaired) electrons. The molecule has 2 aromatic rings. The number of hydrogen-bond acceptors (Lipinski definition) is 6. The molecule has 0 amide bonds. The van der Waals surface area contributed by atoms with Crippen LogP contribution < -0.4 is 10.1 Å². The first-order valence-corrected chi connectivity index (χ1v) is 7.73. The molecule has 1 aromatic heterocycles. The molecule has 3 rings (SSSR count). The molecule has 1 atom stereocenters. The van der Waals surface area contributed by atoms with Gasteiger partial charge in [0.15, 0.2) is 17.4 Å². The third-order valence-electron chi connectivity index (χ3n) is 4.14. The zero-order valence-electron chi connectivity index (χ0n) is 13.8. The molecular weight excluding hydrogens is 335 g/mol. The summed E-state index contributed by atoms with van der Waals surface area (Å²) in [6.45, 7) is 2.75. The Labute approximate surface area is 146 Å². The van der Waals surface area contributed by atoms with Crippen molar-refractivity contribution >= 4 is 12.4 Å². The van der Waals surface area contributed by atoms with E-state index in [-0.39, 0.29) is 30.0 Å². The van der Waals surface area contributed by atoms with Gasteiger partial charge in [0.25, 0.3) is 0 Å². The molecule has 1 fully saturated rings. The Kier molecular flexibility index (Phi) is 6.53. The number of ether oxygens (including phenoxy) is 1. The number of piperazine rings is 1. The van der Waals surface area contributed by atoms with Gasteiger partial charge in [-0.2, -0.15) is 4.98 Å². The van der Waals surface area contributed by atoms with Crippen LogP contribution in [0.1, 0.15) is 23.3 Å². The zero-order chi connectivity index (χ0) is 16.2. The van der Waals surface area contributed by atoms with Gasteiger partial charge >= 0.3 is 0 Å². The van der Waals surface area contributed by atoms with Crippen LogP contribution in [0.25, 0.3) is 0 Å². The van der Waals surface area contributed by atoms with Crippen LogP contribution in [0.3, 0.4) is 0 Å². The fourth-order valence-corrected chi connectivity index (χ4v) is 2.72. The molecule has 1 N–H and O–H groups in total. The van der Waals surface area contributed by atoms with E-state index in [1.807, 2.05) is 6.07 Å². The minimum atomic E-state index is -0.355. The topological polar surface area (TPSA) is 63.4 Å². The second-order valence-corrected chi connectivity index (χ2v) is 5.72. The van der Waals surface area contributed by atoms with E-state index >= 15 is 0 Å². The minimum Gasteiger partial charge on any atom is -0.494 e. The van der Waals surface area contributed by atoms with E-state index in [9.17, 15) is 4.39 Å². The summed E-state index contributed by atoms with van der Waals surface area (Å²) in [5.41, 5.74) is 0.875. The maximum Gasteiger partial charge on any atom is 0.227 e. The van der Waals surface area contributed by atoms with Gasteiger partial charge < -0.3 is 14.6 Å². The minimum absolute atomic E-state index is 0. The highest BCUT2D eigenvalue weighted by Gasteiger charge is 2.25. The standard InChI is InChI=1S/C16H21FN4O2.ClH/c1-21-8-7-18-10-13(21)16-19-15(23-20-16)6-4-11-3-5-14(22-2)12(17)9-11;/h3,5,9,13,18H,4,6-8,10H2,1-2H3;1H. The van der Waals surface area contributed by atoms with Crippen LogP contribution in [0.2, 0.25) is 0 Å². The summed E-state index contributed by atoms with van der Waals surface area (Å²) < 4.78 is 23.9. The highest BCUT2D eigenvalue weighted by atomic mass is 35.5. The normalized spacial score (nSPS) is 18.2. The molecule has 0 aliphatic carbocycles. The van der Waals surface area contributed by atoms with Crippen molar-refractivity contribution in [2.45, 2.75) is 18.9 Å². The molecule has 0 spiro atoms. The van der Waals surface area contributed by atoms with Crippen LogP contribution in [-0.4, -0.2) is 48.8 Å². The number of nitrogens with zero attached hydrogens (tertiary/aromatic N) is 3. The second-order valence-electron chi connectivity index (χ2n) is 5.72. The molecule has 132 valence electrons. The number of aromatic nitrogens is 2. The maximum absolute atomic E-state index is 13.7. The number of hydrogen-bond donors (Lipinski definition) is 1. The highest BCUT2D eigenvalue weighted by Crippen LogP contribution is 2.20. The van der Waals surface area contributed by atoms with Crippen LogP contribution in [0.5, 0.6) is 5.75 Å². The third kappa shape index (κ3) is 4.23. The Balaban J connectivity index is 0.00000208. The van der Waals surface area contributed by atoms with E-state index in [2.05, 4.69) is 27.4 Å². The third-order valence-corrected chi connectivity index (χ3v) is 4.14. The number of methoxy groups -OCH3 is 1. The quantitative estimate of drug-likeness (QED) is 0.884. The van der Waals surface area contributed by atoms with Crippen molar-refractivity contribution in [2.24, 2.45) is 0 Å². The molecule has 24 heavy (non-hydrogen) atoms. The summed E-state index contributed by atoms with van der Waals surface area (Å²) in [7, 11) is 3.51. The van der Waals surface area contributed by atoms with Crippen molar-refractivity contribution in [3.05, 3.63) is 41.3 Å². The van der Waals surface area contributed by atoms with Crippen molar-refractivity contribution in [1.82, 2.24) is 20.4 Å². The Hall–Kier alpha value is -1.70. The Morgan fingerprint density at radius 3 is 2.96 bits per heavy atom. The van der Waals surface area contributed by atoms with Gasteiger partial charge in [-0.15, -0.1) is 12.4 Å². The van der Waals surface area contributed by atoms with Crippen LogP contribution >= 0.6 is 12.4 Å². The van der Waals surface area contributed by atoms with Crippen molar-refractivity contribution < 1.29 is 13.7 Å². The molecule has 0 bridgehead atoms. The molecule has 1 aliphatic rings. The van der Waals surface area contributed by atoms with Crippen molar-refractivity contribution in [3.63, 3.8) is 0 Å². The van der Waals surface area contributed by atoms with E-state index < -0.39 is 0 Å². The van der Waals surface area contributed by atoms with Gasteiger partial charge in [0.05, 0.1) is 13.2 Å². The monoisotopic (exact) mass is 356 g/mol. The summed E-state index contributed by atoms with van der Waals surface area (Å²) >= 11 is 0. The van der Waals surface area contributed by atoms with Crippen molar-refractivity contribution in [1.29, 1.82) is 0 Å². The van der Waals surface area contributed by atoms with E-state index in [0.29, 0.717) is 24.6 Å². The fraction of sp³-hybridized carbons (Fsp3) is 0.500. The molecule has 6 nitrogen and oxygen atoms in total. The number of nitrogens with one attached hydrogen (secondary N) is 1. The predicted octanol–water partition coefficient (Wildman–Crippen LogP) is 2.00. The maximum atomic E-state index is 13.7. The number of rotatable bonds is 5.